The number of carbonyl (C=O) groups excluding carboxylic acids is 1. The fourth-order valence-electron chi connectivity index (χ4n) is 3.42. The molecule has 1 N–H and O–H groups in total. The highest BCUT2D eigenvalue weighted by molar-refractivity contribution is 8.01. The largest absolute Gasteiger partial charge is 0.348 e. The van der Waals surface area contributed by atoms with Crippen LogP contribution >= 0.6 is 23.1 Å². The molecule has 1 aromatic carbocycles. The highest BCUT2D eigenvalue weighted by atomic mass is 32.2. The molecule has 6 heteroatoms. The van der Waals surface area contributed by atoms with Crippen LogP contribution in [0.5, 0.6) is 0 Å². The predicted molar refractivity (Wildman–Crippen MR) is 93.1 cm³/mol. The first-order chi connectivity index (χ1) is 11.3. The van der Waals surface area contributed by atoms with Gasteiger partial charge in [0, 0.05) is 34.6 Å². The van der Waals surface area contributed by atoms with Crippen LogP contribution in [0.25, 0.3) is 0 Å². The molecule has 0 aliphatic carbocycles. The van der Waals surface area contributed by atoms with Crippen LogP contribution in [0.15, 0.2) is 45.1 Å². The number of nitrogens with zero attached hydrogens (tertiary/aromatic N) is 2. The van der Waals surface area contributed by atoms with E-state index in [-0.39, 0.29) is 5.91 Å². The Balaban J connectivity index is 1.38. The van der Waals surface area contributed by atoms with Gasteiger partial charge in [-0.15, -0.1) is 11.3 Å². The number of hydrogen-bond acceptors (Lipinski definition) is 5. The second-order valence-corrected chi connectivity index (χ2v) is 8.36. The normalized spacial score (nSPS) is 26.2. The van der Waals surface area contributed by atoms with Gasteiger partial charge in [0.25, 0.3) is 5.91 Å². The summed E-state index contributed by atoms with van der Waals surface area (Å²) in [6, 6.07) is 8.13. The number of thiazole rings is 1. The minimum absolute atomic E-state index is 0.0505. The number of nitrogens with one attached hydrogen (secondary N) is 1. The Kier molecular flexibility index (Phi) is 4.37. The summed E-state index contributed by atoms with van der Waals surface area (Å²) in [5, 5.41) is 5.20. The lowest BCUT2D eigenvalue weighted by Crippen LogP contribution is -2.57. The minimum atomic E-state index is 0.0505. The van der Waals surface area contributed by atoms with Crippen molar-refractivity contribution in [3.63, 3.8) is 0 Å². The summed E-state index contributed by atoms with van der Waals surface area (Å²) in [5.41, 5.74) is 0.741. The molecule has 3 fully saturated rings. The fourth-order valence-corrected chi connectivity index (χ4v) is 5.01. The van der Waals surface area contributed by atoms with Crippen LogP contribution in [0.3, 0.4) is 0 Å². The zero-order valence-corrected chi connectivity index (χ0v) is 14.4. The second kappa shape index (κ2) is 6.63. The van der Waals surface area contributed by atoms with Crippen molar-refractivity contribution in [3.05, 3.63) is 41.4 Å². The molecule has 0 spiro atoms. The van der Waals surface area contributed by atoms with E-state index < -0.39 is 0 Å². The van der Waals surface area contributed by atoms with Crippen molar-refractivity contribution in [2.75, 3.05) is 19.6 Å². The molecule has 4 heterocycles. The highest BCUT2D eigenvalue weighted by Gasteiger charge is 2.34. The van der Waals surface area contributed by atoms with Crippen molar-refractivity contribution in [1.29, 1.82) is 0 Å². The average molecular weight is 345 g/mol. The van der Waals surface area contributed by atoms with E-state index in [1.807, 2.05) is 35.8 Å². The monoisotopic (exact) mass is 345 g/mol. The van der Waals surface area contributed by atoms with Crippen LogP contribution < -0.4 is 5.32 Å². The first kappa shape index (κ1) is 15.2. The Bertz CT molecular complexity index is 664. The van der Waals surface area contributed by atoms with Crippen LogP contribution in [-0.2, 0) is 0 Å². The van der Waals surface area contributed by atoms with Crippen molar-refractivity contribution >= 4 is 29.0 Å². The Labute approximate surface area is 144 Å². The van der Waals surface area contributed by atoms with Gasteiger partial charge in [-0.2, -0.15) is 0 Å². The fraction of sp³-hybridized carbons (Fsp3) is 0.412. The number of hydrogen-bond donors (Lipinski definition) is 1. The molecule has 1 aromatic heterocycles. The number of carbonyl (C=O) groups is 1. The first-order valence-corrected chi connectivity index (χ1v) is 9.68. The minimum Gasteiger partial charge on any atom is -0.348 e. The van der Waals surface area contributed by atoms with Gasteiger partial charge in [-0.3, -0.25) is 4.79 Å². The van der Waals surface area contributed by atoms with Gasteiger partial charge in [-0.25, -0.2) is 4.98 Å². The maximum absolute atomic E-state index is 12.5. The molecule has 0 radical (unpaired) electrons. The van der Waals surface area contributed by atoms with Crippen molar-refractivity contribution in [1.82, 2.24) is 15.2 Å². The molecule has 23 heavy (non-hydrogen) atoms. The molecular formula is C17H19N3OS2. The maximum atomic E-state index is 12.5. The molecule has 0 unspecified atom stereocenters. The summed E-state index contributed by atoms with van der Waals surface area (Å²) in [6.07, 6.45) is 4.24. The topological polar surface area (TPSA) is 45.2 Å². The van der Waals surface area contributed by atoms with E-state index in [4.69, 9.17) is 0 Å². The Morgan fingerprint density at radius 2 is 2.04 bits per heavy atom. The number of piperidine rings is 3. The second-order valence-electron chi connectivity index (χ2n) is 6.14. The van der Waals surface area contributed by atoms with Crippen molar-refractivity contribution in [2.45, 2.75) is 28.1 Å². The van der Waals surface area contributed by atoms with Gasteiger partial charge in [0.1, 0.15) is 0 Å². The van der Waals surface area contributed by atoms with E-state index >= 15 is 0 Å². The number of benzene rings is 1. The third-order valence-corrected chi connectivity index (χ3v) is 6.60. The Morgan fingerprint density at radius 3 is 2.65 bits per heavy atom. The summed E-state index contributed by atoms with van der Waals surface area (Å²) in [7, 11) is 0. The van der Waals surface area contributed by atoms with E-state index in [1.54, 1.807) is 23.1 Å². The van der Waals surface area contributed by atoms with Gasteiger partial charge in [-0.05, 0) is 56.1 Å². The SMILES string of the molecule is O=C(N[C@H]1CN2CCC1CC2)c1ccc(Sc2nccs2)cc1. The summed E-state index contributed by atoms with van der Waals surface area (Å²) >= 11 is 3.26. The van der Waals surface area contributed by atoms with Gasteiger partial charge in [0.05, 0.1) is 0 Å². The zero-order valence-electron chi connectivity index (χ0n) is 12.8. The smallest absolute Gasteiger partial charge is 0.251 e. The van der Waals surface area contributed by atoms with Gasteiger partial charge in [0.15, 0.2) is 4.34 Å². The molecular weight excluding hydrogens is 326 g/mol. The van der Waals surface area contributed by atoms with E-state index in [1.165, 1.54) is 25.9 Å². The number of fused-ring (bicyclic) bond motifs is 3. The van der Waals surface area contributed by atoms with Gasteiger partial charge < -0.3 is 10.2 Å². The van der Waals surface area contributed by atoms with Crippen LogP contribution in [0.1, 0.15) is 23.2 Å². The summed E-state index contributed by atoms with van der Waals surface area (Å²) in [4.78, 5) is 20.3. The third-order valence-electron chi connectivity index (χ3n) is 4.70. The molecule has 1 amide bonds. The molecule has 5 rings (SSSR count). The quantitative estimate of drug-likeness (QED) is 0.925. The Hall–Kier alpha value is -1.37. The summed E-state index contributed by atoms with van der Waals surface area (Å²) < 4.78 is 1.02. The molecule has 2 bridgehead atoms. The summed E-state index contributed by atoms with van der Waals surface area (Å²) in [6.45, 7) is 3.40. The van der Waals surface area contributed by atoms with Crippen LogP contribution in [-0.4, -0.2) is 41.5 Å². The van der Waals surface area contributed by atoms with Crippen molar-refractivity contribution < 1.29 is 4.79 Å². The highest BCUT2D eigenvalue weighted by Crippen LogP contribution is 2.30. The van der Waals surface area contributed by atoms with Crippen LogP contribution in [0.2, 0.25) is 0 Å². The molecule has 3 aliphatic rings. The lowest BCUT2D eigenvalue weighted by Gasteiger charge is -2.44. The van der Waals surface area contributed by atoms with Gasteiger partial charge in [-0.1, -0.05) is 11.8 Å². The zero-order chi connectivity index (χ0) is 15.6. The van der Waals surface area contributed by atoms with Crippen LogP contribution in [0.4, 0.5) is 0 Å². The van der Waals surface area contributed by atoms with E-state index in [9.17, 15) is 4.79 Å². The molecule has 4 nitrogen and oxygen atoms in total. The molecule has 0 saturated carbocycles. The number of amides is 1. The van der Waals surface area contributed by atoms with E-state index in [0.717, 1.165) is 21.3 Å². The van der Waals surface area contributed by atoms with Gasteiger partial charge >= 0.3 is 0 Å². The molecule has 3 aliphatic heterocycles. The number of aromatic nitrogens is 1. The Morgan fingerprint density at radius 1 is 1.26 bits per heavy atom. The molecule has 3 saturated heterocycles. The van der Waals surface area contributed by atoms with Gasteiger partial charge in [0.2, 0.25) is 0 Å². The first-order valence-electron chi connectivity index (χ1n) is 7.98. The molecule has 120 valence electrons. The van der Waals surface area contributed by atoms with Crippen LogP contribution in [0, 0.1) is 5.92 Å². The number of rotatable bonds is 4. The lowest BCUT2D eigenvalue weighted by atomic mass is 9.84. The predicted octanol–water partition coefficient (Wildman–Crippen LogP) is 3.12. The maximum Gasteiger partial charge on any atom is 0.251 e. The molecule has 1 atom stereocenters. The van der Waals surface area contributed by atoms with Crippen molar-refractivity contribution in [2.24, 2.45) is 5.92 Å². The summed E-state index contributed by atoms with van der Waals surface area (Å²) in [5.74, 6) is 0.707. The standard InChI is InChI=1S/C17H19N3OS2/c21-16(19-15-11-20-8-5-12(15)6-9-20)13-1-3-14(4-2-13)23-17-18-7-10-22-17/h1-4,7,10,12,15H,5-6,8-9,11H2,(H,19,21)/t15-/m0/s1. The average Bonchev–Trinajstić information content (AvgIpc) is 3.09. The van der Waals surface area contributed by atoms with E-state index in [2.05, 4.69) is 15.2 Å². The lowest BCUT2D eigenvalue weighted by molar-refractivity contribution is 0.0620. The van der Waals surface area contributed by atoms with E-state index in [0.29, 0.717) is 12.0 Å². The van der Waals surface area contributed by atoms with Crippen molar-refractivity contribution in [3.8, 4) is 0 Å². The molecule has 2 aromatic rings. The third kappa shape index (κ3) is 3.44.